The molecule has 2 nitrogen and oxygen atoms in total. The Hall–Kier alpha value is -0.180. The third-order valence-corrected chi connectivity index (χ3v) is 5.32. The minimum atomic E-state index is 0.374. The van der Waals surface area contributed by atoms with Crippen LogP contribution in [0, 0.1) is 5.41 Å². The highest BCUT2D eigenvalue weighted by Crippen LogP contribution is 2.35. The van der Waals surface area contributed by atoms with Gasteiger partial charge >= 0.3 is 0 Å². The van der Waals surface area contributed by atoms with Gasteiger partial charge in [0.25, 0.3) is 0 Å². The van der Waals surface area contributed by atoms with Crippen molar-refractivity contribution in [3.05, 3.63) is 30.1 Å². The van der Waals surface area contributed by atoms with E-state index < -0.39 is 0 Å². The Labute approximate surface area is 155 Å². The number of hydrogen-bond acceptors (Lipinski definition) is 3. The molecule has 1 rings (SSSR count). The van der Waals surface area contributed by atoms with Crippen LogP contribution in [-0.4, -0.2) is 39.7 Å². The summed E-state index contributed by atoms with van der Waals surface area (Å²) in [6, 6.07) is 4.27. The summed E-state index contributed by atoms with van der Waals surface area (Å²) in [6.45, 7) is 11.3. The molecule has 5 heteroatoms. The second-order valence-electron chi connectivity index (χ2n) is 7.10. The van der Waals surface area contributed by atoms with Gasteiger partial charge in [0.1, 0.15) is 4.32 Å². The summed E-state index contributed by atoms with van der Waals surface area (Å²) in [5.74, 6) is 1.68. The molecule has 0 bridgehead atoms. The lowest BCUT2D eigenvalue weighted by atomic mass is 9.80. The van der Waals surface area contributed by atoms with Crippen molar-refractivity contribution in [2.45, 2.75) is 52.6 Å². The van der Waals surface area contributed by atoms with E-state index in [1.807, 2.05) is 31.4 Å². The topological polar surface area (TPSA) is 16.1 Å². The molecule has 0 fully saturated rings. The first-order chi connectivity index (χ1) is 10.6. The molecule has 0 spiro atoms. The van der Waals surface area contributed by atoms with E-state index in [-0.39, 0.29) is 0 Å². The second kappa shape index (κ2) is 11.4. The number of nitrogens with zero attached hydrogens (tertiary/aromatic N) is 2. The van der Waals surface area contributed by atoms with Gasteiger partial charge in [-0.1, -0.05) is 58.6 Å². The lowest BCUT2D eigenvalue weighted by Crippen LogP contribution is -2.17. The van der Waals surface area contributed by atoms with Gasteiger partial charge in [-0.05, 0) is 46.9 Å². The monoisotopic (exact) mass is 372 g/mol. The molecule has 0 aliphatic heterocycles. The molecule has 3 atom stereocenters. The summed E-state index contributed by atoms with van der Waals surface area (Å²) in [5.41, 5.74) is 2.38. The van der Waals surface area contributed by atoms with E-state index in [0.29, 0.717) is 17.0 Å². The summed E-state index contributed by atoms with van der Waals surface area (Å²) in [7, 11) is 6.85. The number of aromatic nitrogens is 1. The molecular formula is C18H33N2PS2. The Morgan fingerprint density at radius 2 is 1.83 bits per heavy atom. The molecule has 0 amide bonds. The van der Waals surface area contributed by atoms with Crippen molar-refractivity contribution < 1.29 is 0 Å². The maximum Gasteiger partial charge on any atom is 0.135 e. The molecule has 0 saturated carbocycles. The highest BCUT2D eigenvalue weighted by molar-refractivity contribution is 8.22. The summed E-state index contributed by atoms with van der Waals surface area (Å²) < 4.78 is 0.965. The average molecular weight is 373 g/mol. The van der Waals surface area contributed by atoms with Crippen LogP contribution in [0.15, 0.2) is 24.5 Å². The van der Waals surface area contributed by atoms with E-state index in [1.54, 1.807) is 11.8 Å². The standard InChI is InChI=1S/C13H22NP.C5H11NS2/c1-10(15)12(9-13(2,3)4)11-5-7-14-8-6-11;1-4-8-5(7)6(2)3/h5-8,10,12H,9,15H2,1-4H3;4H2,1-3H3. The van der Waals surface area contributed by atoms with E-state index >= 15 is 0 Å². The summed E-state index contributed by atoms with van der Waals surface area (Å²) in [4.78, 5) is 6.02. The lowest BCUT2D eigenvalue weighted by Gasteiger charge is -2.29. The summed E-state index contributed by atoms with van der Waals surface area (Å²) in [5, 5.41) is 0. The van der Waals surface area contributed by atoms with E-state index in [2.05, 4.69) is 61.0 Å². The maximum atomic E-state index is 4.97. The van der Waals surface area contributed by atoms with Crippen molar-refractivity contribution in [3.8, 4) is 0 Å². The number of rotatable bonds is 4. The third kappa shape index (κ3) is 11.1. The Morgan fingerprint density at radius 3 is 2.13 bits per heavy atom. The van der Waals surface area contributed by atoms with Gasteiger partial charge in [-0.3, -0.25) is 4.98 Å². The van der Waals surface area contributed by atoms with E-state index in [0.717, 1.165) is 10.1 Å². The summed E-state index contributed by atoms with van der Waals surface area (Å²) in [6.07, 6.45) is 4.98. The van der Waals surface area contributed by atoms with Gasteiger partial charge in [0.2, 0.25) is 0 Å². The van der Waals surface area contributed by atoms with Crippen LogP contribution in [0.2, 0.25) is 0 Å². The quantitative estimate of drug-likeness (QED) is 0.516. The van der Waals surface area contributed by atoms with Crippen molar-refractivity contribution in [1.29, 1.82) is 0 Å². The fraction of sp³-hybridized carbons (Fsp3) is 0.667. The maximum absolute atomic E-state index is 4.97. The SMILES string of the molecule is CC(P)C(CC(C)(C)C)c1ccncc1.CCSC(=S)N(C)C. The lowest BCUT2D eigenvalue weighted by molar-refractivity contribution is 0.338. The predicted molar refractivity (Wildman–Crippen MR) is 115 cm³/mol. The highest BCUT2D eigenvalue weighted by atomic mass is 32.2. The van der Waals surface area contributed by atoms with Gasteiger partial charge in [0.15, 0.2) is 0 Å². The molecular weight excluding hydrogens is 339 g/mol. The zero-order valence-corrected chi connectivity index (χ0v) is 18.5. The van der Waals surface area contributed by atoms with Crippen LogP contribution in [0.4, 0.5) is 0 Å². The van der Waals surface area contributed by atoms with E-state index in [1.165, 1.54) is 12.0 Å². The van der Waals surface area contributed by atoms with Crippen LogP contribution in [-0.2, 0) is 0 Å². The minimum Gasteiger partial charge on any atom is -0.364 e. The van der Waals surface area contributed by atoms with Gasteiger partial charge in [-0.15, -0.1) is 9.24 Å². The normalized spacial score (nSPS) is 13.6. The Bertz CT molecular complexity index is 442. The number of thioether (sulfide) groups is 1. The molecule has 1 aromatic heterocycles. The van der Waals surface area contributed by atoms with E-state index in [9.17, 15) is 0 Å². The minimum absolute atomic E-state index is 0.374. The van der Waals surface area contributed by atoms with Gasteiger partial charge in [-0.25, -0.2) is 0 Å². The number of pyridine rings is 1. The van der Waals surface area contributed by atoms with Crippen LogP contribution in [0.3, 0.4) is 0 Å². The first kappa shape index (κ1) is 22.8. The van der Waals surface area contributed by atoms with Gasteiger partial charge in [0.05, 0.1) is 0 Å². The Morgan fingerprint density at radius 1 is 1.30 bits per heavy atom. The number of thiocarbonyl (C=S) groups is 1. The summed E-state index contributed by atoms with van der Waals surface area (Å²) >= 11 is 6.66. The van der Waals surface area contributed by atoms with Crippen LogP contribution in [0.25, 0.3) is 0 Å². The van der Waals surface area contributed by atoms with Gasteiger partial charge in [0, 0.05) is 26.5 Å². The predicted octanol–water partition coefficient (Wildman–Crippen LogP) is 5.45. The molecule has 0 aliphatic rings. The first-order valence-electron chi connectivity index (χ1n) is 8.08. The second-order valence-corrected chi connectivity index (χ2v) is 10.1. The fourth-order valence-electron chi connectivity index (χ4n) is 2.13. The smallest absolute Gasteiger partial charge is 0.135 e. The van der Waals surface area contributed by atoms with Crippen molar-refractivity contribution in [2.75, 3.05) is 19.8 Å². The van der Waals surface area contributed by atoms with E-state index in [4.69, 9.17) is 12.2 Å². The van der Waals surface area contributed by atoms with Crippen molar-refractivity contribution >= 4 is 37.5 Å². The zero-order valence-electron chi connectivity index (χ0n) is 15.7. The molecule has 0 aromatic carbocycles. The van der Waals surface area contributed by atoms with Gasteiger partial charge in [-0.2, -0.15) is 0 Å². The Kier molecular flexibility index (Phi) is 11.3. The van der Waals surface area contributed by atoms with Gasteiger partial charge < -0.3 is 4.90 Å². The third-order valence-electron chi connectivity index (χ3n) is 3.23. The molecule has 0 N–H and O–H groups in total. The van der Waals surface area contributed by atoms with Crippen LogP contribution in [0.5, 0.6) is 0 Å². The first-order valence-corrected chi connectivity index (χ1v) is 10.1. The fourth-order valence-corrected chi connectivity index (χ4v) is 3.35. The molecule has 23 heavy (non-hydrogen) atoms. The van der Waals surface area contributed by atoms with Crippen LogP contribution in [0.1, 0.15) is 52.5 Å². The molecule has 132 valence electrons. The molecule has 0 aliphatic carbocycles. The van der Waals surface area contributed by atoms with Crippen molar-refractivity contribution in [2.24, 2.45) is 5.41 Å². The highest BCUT2D eigenvalue weighted by Gasteiger charge is 2.22. The largest absolute Gasteiger partial charge is 0.364 e. The van der Waals surface area contributed by atoms with Crippen molar-refractivity contribution in [3.63, 3.8) is 0 Å². The number of hydrogen-bond donors (Lipinski definition) is 0. The molecule has 3 unspecified atom stereocenters. The zero-order chi connectivity index (χ0) is 18.0. The van der Waals surface area contributed by atoms with Crippen LogP contribution >= 0.6 is 33.2 Å². The molecule has 0 saturated heterocycles. The molecule has 1 aromatic rings. The average Bonchev–Trinajstić information content (AvgIpc) is 2.45. The molecule has 1 heterocycles. The Balaban J connectivity index is 0.000000515. The van der Waals surface area contributed by atoms with Crippen LogP contribution < -0.4 is 0 Å². The van der Waals surface area contributed by atoms with Crippen molar-refractivity contribution in [1.82, 2.24) is 9.88 Å². The molecule has 0 radical (unpaired) electrons.